The molecule has 1 aliphatic heterocycles. The predicted molar refractivity (Wildman–Crippen MR) is 124 cm³/mol. The molecule has 34 heavy (non-hydrogen) atoms. The van der Waals surface area contributed by atoms with Gasteiger partial charge in [-0.05, 0) is 57.5 Å². The normalized spacial score (nSPS) is 15.3. The SMILES string of the molecule is CCOC(=O)C1=C(C)OC(N)=C(C#N)C1c1ccc(OC(=O)c2ccc(C)cc2)c(OCC)c1. The zero-order valence-electron chi connectivity index (χ0n) is 19.5. The molecule has 0 saturated carbocycles. The lowest BCUT2D eigenvalue weighted by Crippen LogP contribution is -2.25. The molecule has 176 valence electrons. The standard InChI is InChI=1S/C26H26N2O6/c1-5-31-21-13-18(11-12-20(21)34-25(29)17-9-7-15(3)8-10-17)23-19(14-27)24(28)33-16(4)22(23)26(30)32-6-2/h7-13,23H,5-6,28H2,1-4H3. The third-order valence-electron chi connectivity index (χ3n) is 5.19. The van der Waals surface area contributed by atoms with Crippen LogP contribution in [-0.2, 0) is 14.3 Å². The van der Waals surface area contributed by atoms with Crippen molar-refractivity contribution < 1.29 is 28.5 Å². The molecule has 1 atom stereocenters. The highest BCUT2D eigenvalue weighted by molar-refractivity contribution is 5.93. The smallest absolute Gasteiger partial charge is 0.343 e. The molecule has 2 aromatic rings. The Hall–Kier alpha value is -4.25. The van der Waals surface area contributed by atoms with E-state index in [1.165, 1.54) is 0 Å². The Balaban J connectivity index is 2.04. The number of esters is 2. The molecule has 8 heteroatoms. The Labute approximate surface area is 198 Å². The summed E-state index contributed by atoms with van der Waals surface area (Å²) in [6.45, 7) is 7.44. The molecule has 0 spiro atoms. The maximum Gasteiger partial charge on any atom is 0.343 e. The largest absolute Gasteiger partial charge is 0.490 e. The van der Waals surface area contributed by atoms with Crippen molar-refractivity contribution in [3.05, 3.63) is 81.9 Å². The van der Waals surface area contributed by atoms with Gasteiger partial charge in [0.25, 0.3) is 0 Å². The van der Waals surface area contributed by atoms with Gasteiger partial charge in [0.05, 0.1) is 30.3 Å². The fourth-order valence-electron chi connectivity index (χ4n) is 3.59. The zero-order valence-corrected chi connectivity index (χ0v) is 19.5. The summed E-state index contributed by atoms with van der Waals surface area (Å²) in [4.78, 5) is 25.4. The maximum atomic E-state index is 12.7. The van der Waals surface area contributed by atoms with Crippen LogP contribution in [0.25, 0.3) is 0 Å². The molecular formula is C26H26N2O6. The van der Waals surface area contributed by atoms with Crippen LogP contribution in [0, 0.1) is 18.3 Å². The maximum absolute atomic E-state index is 12.7. The molecule has 3 rings (SSSR count). The van der Waals surface area contributed by atoms with Gasteiger partial charge in [-0.1, -0.05) is 23.8 Å². The first-order chi connectivity index (χ1) is 16.3. The third kappa shape index (κ3) is 5.04. The van der Waals surface area contributed by atoms with Gasteiger partial charge in [0.15, 0.2) is 11.5 Å². The quantitative estimate of drug-likeness (QED) is 0.479. The number of carbonyl (C=O) groups is 2. The average Bonchev–Trinajstić information content (AvgIpc) is 2.80. The van der Waals surface area contributed by atoms with Crippen LogP contribution in [-0.4, -0.2) is 25.2 Å². The predicted octanol–water partition coefficient (Wildman–Crippen LogP) is 4.26. The Bertz CT molecular complexity index is 1200. The van der Waals surface area contributed by atoms with Crippen LogP contribution in [0.1, 0.15) is 48.2 Å². The number of ether oxygens (including phenoxy) is 4. The van der Waals surface area contributed by atoms with E-state index in [1.807, 2.05) is 25.1 Å². The highest BCUT2D eigenvalue weighted by atomic mass is 16.6. The van der Waals surface area contributed by atoms with E-state index < -0.39 is 17.9 Å². The van der Waals surface area contributed by atoms with Gasteiger partial charge in [-0.2, -0.15) is 5.26 Å². The summed E-state index contributed by atoms with van der Waals surface area (Å²) >= 11 is 0. The summed E-state index contributed by atoms with van der Waals surface area (Å²) in [5, 5.41) is 9.76. The first kappa shape index (κ1) is 24.4. The van der Waals surface area contributed by atoms with Crippen molar-refractivity contribution in [3.63, 3.8) is 0 Å². The van der Waals surface area contributed by atoms with Gasteiger partial charge in [0.2, 0.25) is 5.88 Å². The van der Waals surface area contributed by atoms with E-state index in [2.05, 4.69) is 0 Å². The number of benzene rings is 2. The fourth-order valence-corrected chi connectivity index (χ4v) is 3.59. The molecule has 0 aliphatic carbocycles. The van der Waals surface area contributed by atoms with Crippen molar-refractivity contribution >= 4 is 11.9 Å². The monoisotopic (exact) mass is 462 g/mol. The fraction of sp³-hybridized carbons (Fsp3) is 0.269. The van der Waals surface area contributed by atoms with Gasteiger partial charge in [-0.25, -0.2) is 9.59 Å². The molecule has 1 unspecified atom stereocenters. The molecule has 8 nitrogen and oxygen atoms in total. The lowest BCUT2D eigenvalue weighted by atomic mass is 9.83. The lowest BCUT2D eigenvalue weighted by Gasteiger charge is -2.27. The first-order valence-corrected chi connectivity index (χ1v) is 10.8. The van der Waals surface area contributed by atoms with Gasteiger partial charge in [0, 0.05) is 0 Å². The zero-order chi connectivity index (χ0) is 24.8. The summed E-state index contributed by atoms with van der Waals surface area (Å²) in [6, 6.07) is 13.9. The topological polar surface area (TPSA) is 121 Å². The van der Waals surface area contributed by atoms with Gasteiger partial charge < -0.3 is 24.7 Å². The molecule has 0 aromatic heterocycles. The van der Waals surface area contributed by atoms with E-state index >= 15 is 0 Å². The number of nitriles is 1. The molecule has 1 aliphatic rings. The second kappa shape index (κ2) is 10.6. The minimum Gasteiger partial charge on any atom is -0.490 e. The van der Waals surface area contributed by atoms with Crippen molar-refractivity contribution in [2.75, 3.05) is 13.2 Å². The number of nitrogens with zero attached hydrogens (tertiary/aromatic N) is 1. The Morgan fingerprint density at radius 3 is 2.35 bits per heavy atom. The van der Waals surface area contributed by atoms with Gasteiger partial charge in [0.1, 0.15) is 17.4 Å². The van der Waals surface area contributed by atoms with Gasteiger partial charge in [-0.15, -0.1) is 0 Å². The molecule has 2 N–H and O–H groups in total. The van der Waals surface area contributed by atoms with Crippen LogP contribution in [0.4, 0.5) is 0 Å². The van der Waals surface area contributed by atoms with E-state index in [4.69, 9.17) is 24.7 Å². The molecule has 1 heterocycles. The summed E-state index contributed by atoms with van der Waals surface area (Å²) in [5.74, 6) is -1.35. The van der Waals surface area contributed by atoms with Crippen molar-refractivity contribution in [2.24, 2.45) is 5.73 Å². The van der Waals surface area contributed by atoms with Crippen LogP contribution < -0.4 is 15.2 Å². The highest BCUT2D eigenvalue weighted by Crippen LogP contribution is 2.42. The van der Waals surface area contributed by atoms with Crippen LogP contribution >= 0.6 is 0 Å². The van der Waals surface area contributed by atoms with Crippen LogP contribution in [0.2, 0.25) is 0 Å². The summed E-state index contributed by atoms with van der Waals surface area (Å²) in [7, 11) is 0. The van der Waals surface area contributed by atoms with Gasteiger partial charge >= 0.3 is 11.9 Å². The molecule has 0 radical (unpaired) electrons. The molecule has 0 saturated heterocycles. The third-order valence-corrected chi connectivity index (χ3v) is 5.19. The number of aryl methyl sites for hydroxylation is 1. The van der Waals surface area contributed by atoms with Crippen LogP contribution in [0.5, 0.6) is 11.5 Å². The van der Waals surface area contributed by atoms with E-state index in [0.29, 0.717) is 17.7 Å². The second-order valence-corrected chi connectivity index (χ2v) is 7.51. The van der Waals surface area contributed by atoms with Gasteiger partial charge in [-0.3, -0.25) is 0 Å². The van der Waals surface area contributed by atoms with E-state index in [9.17, 15) is 14.9 Å². The second-order valence-electron chi connectivity index (χ2n) is 7.51. The van der Waals surface area contributed by atoms with Crippen molar-refractivity contribution in [1.29, 1.82) is 5.26 Å². The van der Waals surface area contributed by atoms with Crippen molar-refractivity contribution in [1.82, 2.24) is 0 Å². The first-order valence-electron chi connectivity index (χ1n) is 10.8. The summed E-state index contributed by atoms with van der Waals surface area (Å²) in [6.07, 6.45) is 0. The molecule has 0 fully saturated rings. The summed E-state index contributed by atoms with van der Waals surface area (Å²) in [5.41, 5.74) is 8.14. The van der Waals surface area contributed by atoms with E-state index in [0.717, 1.165) is 5.56 Å². The minimum absolute atomic E-state index is 0.0699. The Morgan fingerprint density at radius 2 is 1.74 bits per heavy atom. The van der Waals surface area contributed by atoms with Crippen LogP contribution in [0.3, 0.4) is 0 Å². The van der Waals surface area contributed by atoms with Crippen molar-refractivity contribution in [3.8, 4) is 17.6 Å². The molecule has 0 amide bonds. The number of nitrogens with two attached hydrogens (primary N) is 1. The Morgan fingerprint density at radius 1 is 1.03 bits per heavy atom. The van der Waals surface area contributed by atoms with Crippen molar-refractivity contribution in [2.45, 2.75) is 33.6 Å². The number of hydrogen-bond donors (Lipinski definition) is 1. The van der Waals surface area contributed by atoms with E-state index in [1.54, 1.807) is 51.1 Å². The minimum atomic E-state index is -0.834. The number of allylic oxidation sites excluding steroid dienone is 2. The lowest BCUT2D eigenvalue weighted by molar-refractivity contribution is -0.139. The van der Waals surface area contributed by atoms with Crippen LogP contribution in [0.15, 0.2) is 65.3 Å². The average molecular weight is 463 g/mol. The highest BCUT2D eigenvalue weighted by Gasteiger charge is 2.36. The molecular weight excluding hydrogens is 436 g/mol. The molecule has 0 bridgehead atoms. The number of carbonyl (C=O) groups excluding carboxylic acids is 2. The van der Waals surface area contributed by atoms with E-state index in [-0.39, 0.29) is 40.9 Å². The molecule has 2 aromatic carbocycles. The Kier molecular flexibility index (Phi) is 7.59. The number of rotatable bonds is 7. The summed E-state index contributed by atoms with van der Waals surface area (Å²) < 4.78 is 21.9. The number of hydrogen-bond acceptors (Lipinski definition) is 8.